The zero-order valence-electron chi connectivity index (χ0n) is 25.6. The first-order chi connectivity index (χ1) is 17.1. The molecule has 0 aromatic rings. The lowest BCUT2D eigenvalue weighted by Crippen LogP contribution is -2.57. The molecule has 0 bridgehead atoms. The highest BCUT2D eigenvalue weighted by atomic mass is 28.4. The summed E-state index contributed by atoms with van der Waals surface area (Å²) in [5, 5.41) is 0. The van der Waals surface area contributed by atoms with Crippen LogP contribution in [0.5, 0.6) is 0 Å². The second-order valence-electron chi connectivity index (χ2n) is 15.5. The Morgan fingerprint density at radius 2 is 1.65 bits per heavy atom. The Kier molecular flexibility index (Phi) is 8.40. The summed E-state index contributed by atoms with van der Waals surface area (Å²) < 4.78 is 18.7. The van der Waals surface area contributed by atoms with E-state index in [1.165, 1.54) is 45.6 Å². The van der Waals surface area contributed by atoms with Crippen LogP contribution in [0.15, 0.2) is 11.6 Å². The van der Waals surface area contributed by atoms with Gasteiger partial charge in [0.05, 0.1) is 19.3 Å². The van der Waals surface area contributed by atoms with Crippen LogP contribution in [0.2, 0.25) is 39.3 Å². The average Bonchev–Trinajstić information content (AvgIpc) is 3.13. The number of esters is 1. The zero-order chi connectivity index (χ0) is 27.4. The molecule has 3 saturated carbocycles. The Labute approximate surface area is 229 Å². The molecule has 0 spiro atoms. The van der Waals surface area contributed by atoms with E-state index in [2.05, 4.69) is 66.1 Å². The summed E-state index contributed by atoms with van der Waals surface area (Å²) in [6.45, 7) is 21.7. The van der Waals surface area contributed by atoms with E-state index in [-0.39, 0.29) is 5.97 Å². The normalized spacial score (nSPS) is 40.8. The number of ether oxygens (including phenoxy) is 1. The number of rotatable bonds is 8. The van der Waals surface area contributed by atoms with Crippen molar-refractivity contribution in [3.05, 3.63) is 11.6 Å². The topological polar surface area (TPSA) is 44.8 Å². The second-order valence-corrected chi connectivity index (χ2v) is 24.4. The molecular formula is C31H56O4Si2. The summed E-state index contributed by atoms with van der Waals surface area (Å²) in [4.78, 5) is 11.9. The predicted molar refractivity (Wildman–Crippen MR) is 157 cm³/mol. The van der Waals surface area contributed by atoms with E-state index < -0.39 is 16.6 Å². The van der Waals surface area contributed by atoms with Crippen molar-refractivity contribution in [2.75, 3.05) is 7.11 Å². The van der Waals surface area contributed by atoms with Crippen molar-refractivity contribution in [3.63, 3.8) is 0 Å². The van der Waals surface area contributed by atoms with Crippen molar-refractivity contribution < 1.29 is 18.4 Å². The van der Waals surface area contributed by atoms with Gasteiger partial charge < -0.3 is 13.6 Å². The van der Waals surface area contributed by atoms with E-state index in [1.807, 2.05) is 0 Å². The first kappa shape index (κ1) is 29.5. The number of fused-ring (bicyclic) bond motifs is 5. The van der Waals surface area contributed by atoms with Gasteiger partial charge in [0.1, 0.15) is 0 Å². The molecule has 0 amide bonds. The van der Waals surface area contributed by atoms with Crippen molar-refractivity contribution in [1.82, 2.24) is 0 Å². The molecule has 4 aliphatic rings. The number of methoxy groups -OCH3 is 1. The van der Waals surface area contributed by atoms with E-state index >= 15 is 0 Å². The van der Waals surface area contributed by atoms with Gasteiger partial charge in [-0.05, 0) is 131 Å². The zero-order valence-corrected chi connectivity index (χ0v) is 27.6. The number of hydrogen-bond acceptors (Lipinski definition) is 4. The lowest BCUT2D eigenvalue weighted by atomic mass is 9.45. The Morgan fingerprint density at radius 3 is 2.27 bits per heavy atom. The third kappa shape index (κ3) is 6.02. The SMILES string of the molecule is COC(=O)CC[C@@H](C)[C@H]1CCC2C3C(CC[C@@]21C)[C@@]1(C)CC[C@H](O[Si](C)(C)C)C=C1C[C@H]3O[Si](C)(C)C. The molecule has 6 heteroatoms. The summed E-state index contributed by atoms with van der Waals surface area (Å²) in [5.74, 6) is 3.29. The molecular weight excluding hydrogens is 493 g/mol. The minimum absolute atomic E-state index is 0.0629. The van der Waals surface area contributed by atoms with Crippen LogP contribution in [-0.4, -0.2) is 41.9 Å². The maximum atomic E-state index is 11.9. The van der Waals surface area contributed by atoms with Gasteiger partial charge in [0, 0.05) is 6.42 Å². The van der Waals surface area contributed by atoms with Gasteiger partial charge in [-0.25, -0.2) is 0 Å². The Bertz CT molecular complexity index is 873. The molecule has 212 valence electrons. The van der Waals surface area contributed by atoms with Gasteiger partial charge in [-0.2, -0.15) is 0 Å². The predicted octanol–water partition coefficient (Wildman–Crippen LogP) is 8.20. The van der Waals surface area contributed by atoms with Crippen LogP contribution in [-0.2, 0) is 18.4 Å². The highest BCUT2D eigenvalue weighted by Crippen LogP contribution is 2.68. The van der Waals surface area contributed by atoms with Crippen LogP contribution < -0.4 is 0 Å². The van der Waals surface area contributed by atoms with Gasteiger partial charge in [0.25, 0.3) is 0 Å². The molecule has 4 aliphatic carbocycles. The number of carbonyl (C=O) groups is 1. The molecule has 0 heterocycles. The van der Waals surface area contributed by atoms with Gasteiger partial charge in [0.2, 0.25) is 0 Å². The fourth-order valence-electron chi connectivity index (χ4n) is 9.38. The van der Waals surface area contributed by atoms with Gasteiger partial charge in [0.15, 0.2) is 16.6 Å². The monoisotopic (exact) mass is 548 g/mol. The van der Waals surface area contributed by atoms with Crippen molar-refractivity contribution in [3.8, 4) is 0 Å². The molecule has 3 fully saturated rings. The second kappa shape index (κ2) is 10.5. The van der Waals surface area contributed by atoms with Crippen molar-refractivity contribution in [1.29, 1.82) is 0 Å². The third-order valence-electron chi connectivity index (χ3n) is 10.9. The van der Waals surface area contributed by atoms with Crippen LogP contribution in [0, 0.1) is 40.4 Å². The van der Waals surface area contributed by atoms with Gasteiger partial charge in [-0.1, -0.05) is 32.4 Å². The van der Waals surface area contributed by atoms with Crippen LogP contribution in [0.25, 0.3) is 0 Å². The lowest BCUT2D eigenvalue weighted by Gasteiger charge is -2.61. The summed E-state index contributed by atoms with van der Waals surface area (Å²) in [5.41, 5.74) is 2.29. The Balaban J connectivity index is 1.63. The Morgan fingerprint density at radius 1 is 0.973 bits per heavy atom. The van der Waals surface area contributed by atoms with E-state index in [1.54, 1.807) is 5.57 Å². The van der Waals surface area contributed by atoms with Crippen LogP contribution in [0.3, 0.4) is 0 Å². The van der Waals surface area contributed by atoms with Crippen LogP contribution in [0.1, 0.15) is 78.6 Å². The van der Waals surface area contributed by atoms with E-state index in [0.717, 1.165) is 18.8 Å². The fraction of sp³-hybridized carbons (Fsp3) is 0.903. The number of hydrogen-bond donors (Lipinski definition) is 0. The molecule has 0 aromatic heterocycles. The highest BCUT2D eigenvalue weighted by molar-refractivity contribution is 6.70. The summed E-state index contributed by atoms with van der Waals surface area (Å²) >= 11 is 0. The molecule has 37 heavy (non-hydrogen) atoms. The summed E-state index contributed by atoms with van der Waals surface area (Å²) in [6.07, 6.45) is 13.5. The molecule has 4 nitrogen and oxygen atoms in total. The molecule has 0 aromatic carbocycles. The maximum Gasteiger partial charge on any atom is 0.305 e. The fourth-order valence-corrected chi connectivity index (χ4v) is 11.6. The molecule has 0 N–H and O–H groups in total. The highest BCUT2D eigenvalue weighted by Gasteiger charge is 2.62. The maximum absolute atomic E-state index is 11.9. The van der Waals surface area contributed by atoms with E-state index in [4.69, 9.17) is 13.6 Å². The van der Waals surface area contributed by atoms with Crippen molar-refractivity contribution >= 4 is 22.6 Å². The molecule has 0 saturated heterocycles. The van der Waals surface area contributed by atoms with E-state index in [0.29, 0.717) is 53.1 Å². The minimum atomic E-state index is -1.70. The third-order valence-corrected chi connectivity index (χ3v) is 12.9. The van der Waals surface area contributed by atoms with Gasteiger partial charge >= 0.3 is 5.97 Å². The average molecular weight is 549 g/mol. The van der Waals surface area contributed by atoms with Gasteiger partial charge in [-0.15, -0.1) is 0 Å². The first-order valence-corrected chi connectivity index (χ1v) is 22.0. The molecule has 9 atom stereocenters. The quantitative estimate of drug-likeness (QED) is 0.174. The lowest BCUT2D eigenvalue weighted by molar-refractivity contribution is -0.141. The van der Waals surface area contributed by atoms with Crippen LogP contribution >= 0.6 is 0 Å². The molecule has 3 unspecified atom stereocenters. The Hall–Kier alpha value is -0.436. The molecule has 0 radical (unpaired) electrons. The standard InChI is InChI=1S/C31H56O4Si2/c1-21(11-14-28(32)33-4)24-12-13-25-29-26(16-18-31(24,25)3)30(2)17-15-23(34-36(5,6)7)19-22(30)20-27(29)35-37(8,9)10/h19,21,23-27,29H,11-18,20H2,1-10H3/t21-,23+,24-,25?,26?,27-,29?,30+,31-/m1/s1. The molecule has 0 aliphatic heterocycles. The largest absolute Gasteiger partial charge is 0.469 e. The summed E-state index contributed by atoms with van der Waals surface area (Å²) in [6, 6.07) is 0. The first-order valence-electron chi connectivity index (χ1n) is 15.2. The van der Waals surface area contributed by atoms with Crippen molar-refractivity contribution in [2.24, 2.45) is 40.4 Å². The van der Waals surface area contributed by atoms with Crippen LogP contribution in [0.4, 0.5) is 0 Å². The van der Waals surface area contributed by atoms with Crippen molar-refractivity contribution in [2.45, 2.75) is 130 Å². The van der Waals surface area contributed by atoms with Gasteiger partial charge in [-0.3, -0.25) is 4.79 Å². The summed E-state index contributed by atoms with van der Waals surface area (Å²) in [7, 11) is -1.76. The minimum Gasteiger partial charge on any atom is -0.469 e. The smallest absolute Gasteiger partial charge is 0.305 e. The number of carbonyl (C=O) groups excluding carboxylic acids is 1. The molecule has 4 rings (SSSR count). The van der Waals surface area contributed by atoms with E-state index in [9.17, 15) is 4.79 Å².